The van der Waals surface area contributed by atoms with Crippen LogP contribution >= 0.6 is 0 Å². The molecule has 0 aliphatic carbocycles. The summed E-state index contributed by atoms with van der Waals surface area (Å²) in [5.41, 5.74) is 1.09. The molecule has 34 heavy (non-hydrogen) atoms. The molecule has 0 aliphatic heterocycles. The lowest BCUT2D eigenvalue weighted by Crippen LogP contribution is -2.31. The van der Waals surface area contributed by atoms with Gasteiger partial charge in [0.1, 0.15) is 23.7 Å². The van der Waals surface area contributed by atoms with Crippen LogP contribution in [0.25, 0.3) is 0 Å². The van der Waals surface area contributed by atoms with Gasteiger partial charge in [0.2, 0.25) is 0 Å². The first-order valence-electron chi connectivity index (χ1n) is 10.5. The summed E-state index contributed by atoms with van der Waals surface area (Å²) < 4.78 is 12.7. The maximum atomic E-state index is 12.9. The molecule has 1 aromatic heterocycles. The summed E-state index contributed by atoms with van der Waals surface area (Å²) in [5, 5.41) is 18.7. The van der Waals surface area contributed by atoms with Crippen molar-refractivity contribution >= 4 is 5.97 Å². The van der Waals surface area contributed by atoms with E-state index in [1.807, 2.05) is 60.7 Å². The molecule has 0 atom stereocenters. The number of phenols is 1. The Bertz CT molecular complexity index is 1350. The largest absolute Gasteiger partial charge is 0.507 e. The van der Waals surface area contributed by atoms with Gasteiger partial charge in [0.15, 0.2) is 0 Å². The van der Waals surface area contributed by atoms with Crippen molar-refractivity contribution in [2.75, 3.05) is 6.61 Å². The number of aromatic carboxylic acids is 1. The molecule has 0 saturated heterocycles. The zero-order valence-corrected chi connectivity index (χ0v) is 18.0. The van der Waals surface area contributed by atoms with Crippen LogP contribution in [0.15, 0.2) is 93.0 Å². The van der Waals surface area contributed by atoms with Crippen LogP contribution in [-0.4, -0.2) is 32.1 Å². The average molecular weight is 462 g/mol. The maximum absolute atomic E-state index is 12.9. The minimum absolute atomic E-state index is 0.0681. The van der Waals surface area contributed by atoms with E-state index in [9.17, 15) is 19.5 Å². The number of benzene rings is 3. The molecule has 174 valence electrons. The first kappa shape index (κ1) is 22.7. The van der Waals surface area contributed by atoms with Crippen molar-refractivity contribution in [2.24, 2.45) is 0 Å². The highest BCUT2D eigenvalue weighted by molar-refractivity contribution is 5.90. The van der Waals surface area contributed by atoms with Crippen molar-refractivity contribution in [3.8, 4) is 11.5 Å². The molecular formula is C25H22N2O7. The molecule has 0 radical (unpaired) electrons. The average Bonchev–Trinajstić information content (AvgIpc) is 3.11. The van der Waals surface area contributed by atoms with Crippen molar-refractivity contribution in [3.63, 3.8) is 0 Å². The Hall–Kier alpha value is -4.53. The van der Waals surface area contributed by atoms with E-state index in [4.69, 9.17) is 14.4 Å². The number of carbonyl (C=O) groups is 1. The SMILES string of the molecule is O=C(O)c1ccc(OCCn2c(=O)on(CC(c3ccccc3)c3ccccc3)c2=O)cc1O. The molecule has 4 aromatic rings. The van der Waals surface area contributed by atoms with Crippen molar-refractivity contribution in [2.45, 2.75) is 19.0 Å². The molecular weight excluding hydrogens is 440 g/mol. The van der Waals surface area contributed by atoms with Crippen LogP contribution in [0.1, 0.15) is 27.4 Å². The topological polar surface area (TPSA) is 124 Å². The number of aromatic hydroxyl groups is 1. The Morgan fingerprint density at radius 3 is 2.12 bits per heavy atom. The summed E-state index contributed by atoms with van der Waals surface area (Å²) in [6.45, 7) is -0.0151. The highest BCUT2D eigenvalue weighted by atomic mass is 16.5. The Labute approximate surface area is 193 Å². The molecule has 0 fully saturated rings. The first-order chi connectivity index (χ1) is 16.4. The lowest BCUT2D eigenvalue weighted by Gasteiger charge is -2.17. The third kappa shape index (κ3) is 4.93. The Morgan fingerprint density at radius 2 is 1.56 bits per heavy atom. The molecule has 0 amide bonds. The molecule has 2 N–H and O–H groups in total. The quantitative estimate of drug-likeness (QED) is 0.392. The van der Waals surface area contributed by atoms with Gasteiger partial charge in [-0.15, -0.1) is 0 Å². The number of rotatable bonds is 9. The maximum Gasteiger partial charge on any atom is 0.442 e. The van der Waals surface area contributed by atoms with Crippen LogP contribution in [-0.2, 0) is 13.1 Å². The number of hydrogen-bond acceptors (Lipinski definition) is 6. The Morgan fingerprint density at radius 1 is 0.941 bits per heavy atom. The van der Waals surface area contributed by atoms with E-state index in [2.05, 4.69) is 0 Å². The van der Waals surface area contributed by atoms with Gasteiger partial charge in [0, 0.05) is 12.0 Å². The summed E-state index contributed by atoms with van der Waals surface area (Å²) in [6, 6.07) is 23.0. The molecule has 4 rings (SSSR count). The summed E-state index contributed by atoms with van der Waals surface area (Å²) in [5.74, 6) is -2.52. The van der Waals surface area contributed by atoms with Gasteiger partial charge in [-0.25, -0.2) is 19.0 Å². The molecule has 0 unspecified atom stereocenters. The van der Waals surface area contributed by atoms with Crippen LogP contribution in [0.5, 0.6) is 11.5 Å². The van der Waals surface area contributed by atoms with E-state index in [-0.39, 0.29) is 36.9 Å². The summed E-state index contributed by atoms with van der Waals surface area (Å²) in [7, 11) is 0. The van der Waals surface area contributed by atoms with Gasteiger partial charge in [-0.05, 0) is 23.3 Å². The molecule has 0 spiro atoms. The normalized spacial score (nSPS) is 11.0. The summed E-state index contributed by atoms with van der Waals surface area (Å²) >= 11 is 0. The van der Waals surface area contributed by atoms with Crippen LogP contribution in [0.2, 0.25) is 0 Å². The Kier molecular flexibility index (Phi) is 6.63. The van der Waals surface area contributed by atoms with Crippen molar-refractivity contribution < 1.29 is 24.3 Å². The number of aromatic nitrogens is 2. The van der Waals surface area contributed by atoms with E-state index in [1.165, 1.54) is 12.1 Å². The van der Waals surface area contributed by atoms with Gasteiger partial charge in [0.25, 0.3) is 0 Å². The molecule has 0 bridgehead atoms. The minimum Gasteiger partial charge on any atom is -0.507 e. The van der Waals surface area contributed by atoms with Crippen LogP contribution in [0.4, 0.5) is 0 Å². The zero-order chi connectivity index (χ0) is 24.1. The lowest BCUT2D eigenvalue weighted by molar-refractivity contribution is 0.0693. The minimum atomic E-state index is -1.26. The molecule has 3 aromatic carbocycles. The molecule has 9 nitrogen and oxygen atoms in total. The molecule has 9 heteroatoms. The second-order valence-electron chi connectivity index (χ2n) is 7.56. The second-order valence-corrected chi connectivity index (χ2v) is 7.56. The van der Waals surface area contributed by atoms with E-state index in [0.717, 1.165) is 26.5 Å². The fraction of sp³-hybridized carbons (Fsp3) is 0.160. The smallest absolute Gasteiger partial charge is 0.442 e. The number of carboxylic acids is 1. The van der Waals surface area contributed by atoms with Gasteiger partial charge >= 0.3 is 17.4 Å². The van der Waals surface area contributed by atoms with Gasteiger partial charge in [-0.3, -0.25) is 0 Å². The van der Waals surface area contributed by atoms with Crippen LogP contribution in [0.3, 0.4) is 0 Å². The fourth-order valence-electron chi connectivity index (χ4n) is 3.67. The number of hydrogen-bond donors (Lipinski definition) is 2. The number of carboxylic acid groups (broad SMARTS) is 1. The van der Waals surface area contributed by atoms with Crippen molar-refractivity contribution in [3.05, 3.63) is 117 Å². The number of nitrogens with zero attached hydrogens (tertiary/aromatic N) is 2. The second kappa shape index (κ2) is 9.95. The number of ether oxygens (including phenoxy) is 1. The molecule has 0 saturated carbocycles. The van der Waals surface area contributed by atoms with E-state index < -0.39 is 23.2 Å². The third-order valence-electron chi connectivity index (χ3n) is 5.39. The predicted octanol–water partition coefficient (Wildman–Crippen LogP) is 2.92. The summed E-state index contributed by atoms with van der Waals surface area (Å²) in [6.07, 6.45) is 0. The standard InChI is InChI=1S/C25H22N2O7/c28-22-15-19(11-12-20(22)23(29)30)33-14-13-26-24(31)27(34-25(26)32)16-21(17-7-3-1-4-8-17)18-9-5-2-6-10-18/h1-12,15,21,28H,13-14,16H2,(H,29,30). The van der Waals surface area contributed by atoms with E-state index >= 15 is 0 Å². The lowest BCUT2D eigenvalue weighted by atomic mass is 9.91. The fourth-order valence-corrected chi connectivity index (χ4v) is 3.67. The van der Waals surface area contributed by atoms with Crippen LogP contribution in [0, 0.1) is 0 Å². The van der Waals surface area contributed by atoms with Gasteiger partial charge in [-0.1, -0.05) is 60.7 Å². The van der Waals surface area contributed by atoms with E-state index in [0.29, 0.717) is 0 Å². The van der Waals surface area contributed by atoms with E-state index in [1.54, 1.807) is 0 Å². The molecule has 1 heterocycles. The highest BCUT2D eigenvalue weighted by Crippen LogP contribution is 2.26. The van der Waals surface area contributed by atoms with Gasteiger partial charge in [0.05, 0.1) is 13.1 Å². The van der Waals surface area contributed by atoms with Gasteiger partial charge in [-0.2, -0.15) is 4.74 Å². The van der Waals surface area contributed by atoms with Crippen LogP contribution < -0.4 is 16.2 Å². The summed E-state index contributed by atoms with van der Waals surface area (Å²) in [4.78, 5) is 36.2. The monoisotopic (exact) mass is 462 g/mol. The molecule has 0 aliphatic rings. The third-order valence-corrected chi connectivity index (χ3v) is 5.39. The van der Waals surface area contributed by atoms with Gasteiger partial charge < -0.3 is 19.5 Å². The first-order valence-corrected chi connectivity index (χ1v) is 10.5. The van der Waals surface area contributed by atoms with Crippen molar-refractivity contribution in [1.82, 2.24) is 9.31 Å². The Balaban J connectivity index is 1.50. The highest BCUT2D eigenvalue weighted by Gasteiger charge is 2.20. The predicted molar refractivity (Wildman–Crippen MR) is 123 cm³/mol. The zero-order valence-electron chi connectivity index (χ0n) is 18.0. The van der Waals surface area contributed by atoms with Crippen molar-refractivity contribution in [1.29, 1.82) is 0 Å².